The standard InChI is InChI=1S/C29H26N4O6S/c1-19-9-11-21(12-10-19)40(37,38)32-16-15-22-24(17-31(3)29(34)26(22)32)23-13-14-25(30-2)27(33(35)36)28(23)39-18-20-7-5-4-6-8-20/h4-17,30H,18H2,1-3H3. The third-order valence-electron chi connectivity index (χ3n) is 6.67. The van der Waals surface area contributed by atoms with E-state index in [1.54, 1.807) is 31.3 Å². The third-order valence-corrected chi connectivity index (χ3v) is 8.36. The quantitative estimate of drug-likeness (QED) is 0.208. The van der Waals surface area contributed by atoms with Gasteiger partial charge in [-0.25, -0.2) is 12.4 Å². The average Bonchev–Trinajstić information content (AvgIpc) is 3.40. The molecule has 0 saturated carbocycles. The first kappa shape index (κ1) is 26.7. The molecule has 0 aliphatic rings. The summed E-state index contributed by atoms with van der Waals surface area (Å²) in [4.78, 5) is 25.1. The van der Waals surface area contributed by atoms with Crippen molar-refractivity contribution in [2.24, 2.45) is 7.05 Å². The molecule has 2 heterocycles. The van der Waals surface area contributed by atoms with Crippen molar-refractivity contribution in [1.82, 2.24) is 8.54 Å². The maximum Gasteiger partial charge on any atom is 0.334 e. The molecule has 5 rings (SSSR count). The van der Waals surface area contributed by atoms with Crippen molar-refractivity contribution in [2.75, 3.05) is 12.4 Å². The summed E-state index contributed by atoms with van der Waals surface area (Å²) in [6, 6.07) is 20.3. The van der Waals surface area contributed by atoms with Crippen LogP contribution in [0.25, 0.3) is 22.0 Å². The zero-order valence-electron chi connectivity index (χ0n) is 22.0. The molecule has 0 radical (unpaired) electrons. The highest BCUT2D eigenvalue weighted by atomic mass is 32.2. The molecule has 0 atom stereocenters. The lowest BCUT2D eigenvalue weighted by atomic mass is 10.0. The van der Waals surface area contributed by atoms with E-state index in [1.807, 2.05) is 37.3 Å². The maximum atomic E-state index is 13.6. The molecule has 0 unspecified atom stereocenters. The second-order valence-electron chi connectivity index (χ2n) is 9.27. The minimum absolute atomic E-state index is 0.00482. The van der Waals surface area contributed by atoms with Gasteiger partial charge >= 0.3 is 5.69 Å². The summed E-state index contributed by atoms with van der Waals surface area (Å²) in [6.45, 7) is 1.90. The van der Waals surface area contributed by atoms with E-state index < -0.39 is 20.5 Å². The van der Waals surface area contributed by atoms with E-state index in [0.29, 0.717) is 16.5 Å². The molecule has 0 amide bonds. The largest absolute Gasteiger partial charge is 0.481 e. The molecule has 5 aromatic rings. The SMILES string of the molecule is CNc1ccc(-c2cn(C)c(=O)c3c2ccn3S(=O)(=O)c2ccc(C)cc2)c(OCc2ccccc2)c1[N+](=O)[O-]. The molecule has 0 spiro atoms. The molecule has 11 heteroatoms. The van der Waals surface area contributed by atoms with Crippen LogP contribution in [0, 0.1) is 17.0 Å². The van der Waals surface area contributed by atoms with Gasteiger partial charge in [0.05, 0.1) is 9.82 Å². The lowest BCUT2D eigenvalue weighted by molar-refractivity contribution is -0.384. The summed E-state index contributed by atoms with van der Waals surface area (Å²) in [6.07, 6.45) is 2.85. The number of benzene rings is 3. The molecule has 0 bridgehead atoms. The number of hydrogen-bond donors (Lipinski definition) is 1. The van der Waals surface area contributed by atoms with Crippen molar-refractivity contribution in [3.63, 3.8) is 0 Å². The Kier molecular flexibility index (Phi) is 6.90. The highest BCUT2D eigenvalue weighted by Crippen LogP contribution is 2.45. The predicted molar refractivity (Wildman–Crippen MR) is 153 cm³/mol. The van der Waals surface area contributed by atoms with Crippen LogP contribution in [0.5, 0.6) is 5.75 Å². The topological polar surface area (TPSA) is 125 Å². The number of ether oxygens (including phenoxy) is 1. The summed E-state index contributed by atoms with van der Waals surface area (Å²) in [5.41, 5.74) is 1.81. The zero-order chi connectivity index (χ0) is 28.6. The number of aromatic nitrogens is 2. The van der Waals surface area contributed by atoms with Crippen LogP contribution in [0.2, 0.25) is 0 Å². The minimum Gasteiger partial charge on any atom is -0.481 e. The second-order valence-corrected chi connectivity index (χ2v) is 11.1. The number of fused-ring (bicyclic) bond motifs is 1. The van der Waals surface area contributed by atoms with Gasteiger partial charge in [-0.1, -0.05) is 48.0 Å². The number of nitrogens with one attached hydrogen (secondary N) is 1. The summed E-state index contributed by atoms with van der Waals surface area (Å²) >= 11 is 0. The third kappa shape index (κ3) is 4.60. The molecule has 3 aromatic carbocycles. The molecule has 0 aliphatic carbocycles. The van der Waals surface area contributed by atoms with E-state index in [9.17, 15) is 23.3 Å². The van der Waals surface area contributed by atoms with E-state index in [4.69, 9.17) is 4.74 Å². The molecule has 0 aliphatic heterocycles. The van der Waals surface area contributed by atoms with Gasteiger partial charge in [-0.3, -0.25) is 14.9 Å². The van der Waals surface area contributed by atoms with Crippen LogP contribution < -0.4 is 15.6 Å². The number of aryl methyl sites for hydroxylation is 2. The normalized spacial score (nSPS) is 11.5. The van der Waals surface area contributed by atoms with Gasteiger partial charge in [-0.05, 0) is 42.8 Å². The fourth-order valence-corrected chi connectivity index (χ4v) is 5.96. The fraction of sp³-hybridized carbons (Fsp3) is 0.138. The summed E-state index contributed by atoms with van der Waals surface area (Å²) in [5, 5.41) is 15.4. The fourth-order valence-electron chi connectivity index (χ4n) is 4.61. The summed E-state index contributed by atoms with van der Waals surface area (Å²) in [5.74, 6) is -0.00482. The molecule has 204 valence electrons. The Morgan fingerprint density at radius 1 is 0.975 bits per heavy atom. The minimum atomic E-state index is -4.11. The highest BCUT2D eigenvalue weighted by Gasteiger charge is 2.29. The molecular weight excluding hydrogens is 532 g/mol. The first-order valence-electron chi connectivity index (χ1n) is 12.3. The molecule has 0 saturated heterocycles. The summed E-state index contributed by atoms with van der Waals surface area (Å²) in [7, 11) is -1.04. The van der Waals surface area contributed by atoms with Crippen LogP contribution in [-0.4, -0.2) is 28.9 Å². The van der Waals surface area contributed by atoms with Crippen molar-refractivity contribution in [1.29, 1.82) is 0 Å². The van der Waals surface area contributed by atoms with Crippen LogP contribution in [0.15, 0.2) is 94.9 Å². The van der Waals surface area contributed by atoms with Gasteiger partial charge in [-0.15, -0.1) is 0 Å². The summed E-state index contributed by atoms with van der Waals surface area (Å²) < 4.78 is 35.5. The van der Waals surface area contributed by atoms with Gasteiger partial charge in [0.15, 0.2) is 0 Å². The molecule has 10 nitrogen and oxygen atoms in total. The number of nitro groups is 1. The van der Waals surface area contributed by atoms with Crippen LogP contribution in [0.3, 0.4) is 0 Å². The zero-order valence-corrected chi connectivity index (χ0v) is 22.8. The highest BCUT2D eigenvalue weighted by molar-refractivity contribution is 7.90. The van der Waals surface area contributed by atoms with Crippen molar-refractivity contribution in [3.05, 3.63) is 117 Å². The van der Waals surface area contributed by atoms with Crippen LogP contribution in [-0.2, 0) is 23.7 Å². The van der Waals surface area contributed by atoms with Gasteiger partial charge in [0, 0.05) is 43.0 Å². The molecule has 1 N–H and O–H groups in total. The number of anilines is 1. The number of hydrogen-bond acceptors (Lipinski definition) is 7. The van der Waals surface area contributed by atoms with E-state index in [0.717, 1.165) is 15.1 Å². The second kappa shape index (κ2) is 10.3. The van der Waals surface area contributed by atoms with Gasteiger partial charge in [0.1, 0.15) is 17.8 Å². The van der Waals surface area contributed by atoms with Crippen molar-refractivity contribution >= 4 is 32.3 Å². The first-order chi connectivity index (χ1) is 19.1. The van der Waals surface area contributed by atoms with Crippen LogP contribution in [0.1, 0.15) is 11.1 Å². The predicted octanol–water partition coefficient (Wildman–Crippen LogP) is 5.08. The van der Waals surface area contributed by atoms with Crippen molar-refractivity contribution in [3.8, 4) is 16.9 Å². The lowest BCUT2D eigenvalue weighted by Gasteiger charge is -2.16. The van der Waals surface area contributed by atoms with Gasteiger partial charge in [0.25, 0.3) is 15.6 Å². The van der Waals surface area contributed by atoms with Gasteiger partial charge in [-0.2, -0.15) is 0 Å². The van der Waals surface area contributed by atoms with E-state index in [-0.39, 0.29) is 34.1 Å². The molecule has 0 fully saturated rings. The average molecular weight is 559 g/mol. The van der Waals surface area contributed by atoms with Crippen molar-refractivity contribution in [2.45, 2.75) is 18.4 Å². The number of nitrogens with zero attached hydrogens (tertiary/aromatic N) is 3. The Bertz CT molecular complexity index is 1910. The van der Waals surface area contributed by atoms with Crippen LogP contribution >= 0.6 is 0 Å². The van der Waals surface area contributed by atoms with E-state index >= 15 is 0 Å². The molecular formula is C29H26N4O6S. The maximum absolute atomic E-state index is 13.6. The Morgan fingerprint density at radius 2 is 1.68 bits per heavy atom. The lowest BCUT2D eigenvalue weighted by Crippen LogP contribution is -2.22. The Hall–Kier alpha value is -4.90. The number of pyridine rings is 1. The van der Waals surface area contributed by atoms with E-state index in [1.165, 1.54) is 42.2 Å². The smallest absolute Gasteiger partial charge is 0.334 e. The molecule has 2 aromatic heterocycles. The first-order valence-corrected chi connectivity index (χ1v) is 13.8. The van der Waals surface area contributed by atoms with Crippen LogP contribution in [0.4, 0.5) is 11.4 Å². The Morgan fingerprint density at radius 3 is 2.33 bits per heavy atom. The van der Waals surface area contributed by atoms with E-state index in [2.05, 4.69) is 5.32 Å². The number of rotatable bonds is 8. The Labute approximate surface area is 230 Å². The van der Waals surface area contributed by atoms with Gasteiger partial charge < -0.3 is 14.6 Å². The Balaban J connectivity index is 1.76. The molecule has 40 heavy (non-hydrogen) atoms. The van der Waals surface area contributed by atoms with Crippen molar-refractivity contribution < 1.29 is 18.1 Å². The monoisotopic (exact) mass is 558 g/mol. The van der Waals surface area contributed by atoms with Gasteiger partial charge in [0.2, 0.25) is 5.75 Å². The number of nitro benzene ring substituents is 1.